The first-order valence-electron chi connectivity index (χ1n) is 6.45. The fourth-order valence-corrected chi connectivity index (χ4v) is 4.00. The van der Waals surface area contributed by atoms with Crippen molar-refractivity contribution in [2.75, 3.05) is 20.2 Å². The summed E-state index contributed by atoms with van der Waals surface area (Å²) in [6, 6.07) is 4.61. The van der Waals surface area contributed by atoms with Gasteiger partial charge in [-0.25, -0.2) is 8.42 Å². The molecule has 2 rings (SSSR count). The molecule has 1 fully saturated rings. The van der Waals surface area contributed by atoms with Gasteiger partial charge in [-0.05, 0) is 31.0 Å². The Labute approximate surface area is 124 Å². The van der Waals surface area contributed by atoms with Crippen LogP contribution in [0.5, 0.6) is 5.75 Å². The van der Waals surface area contributed by atoms with Crippen molar-refractivity contribution >= 4 is 27.2 Å². The van der Waals surface area contributed by atoms with Gasteiger partial charge in [0.1, 0.15) is 10.7 Å². The van der Waals surface area contributed by atoms with E-state index in [9.17, 15) is 8.42 Å². The van der Waals surface area contributed by atoms with E-state index in [1.165, 1.54) is 23.5 Å². The molecular weight excluding hydrogens is 296 g/mol. The maximum Gasteiger partial charge on any atom is 0.243 e. The molecule has 20 heavy (non-hydrogen) atoms. The summed E-state index contributed by atoms with van der Waals surface area (Å²) in [5.41, 5.74) is 6.07. The number of nitrogens with two attached hydrogens (primary N) is 1. The molecular formula is C13H18N2O3S2. The van der Waals surface area contributed by atoms with E-state index in [1.807, 2.05) is 0 Å². The van der Waals surface area contributed by atoms with Crippen LogP contribution in [0.4, 0.5) is 0 Å². The van der Waals surface area contributed by atoms with Crippen molar-refractivity contribution in [3.63, 3.8) is 0 Å². The van der Waals surface area contributed by atoms with E-state index in [4.69, 9.17) is 22.7 Å². The number of nitrogens with zero attached hydrogens (tertiary/aromatic N) is 1. The molecule has 0 atom stereocenters. The van der Waals surface area contributed by atoms with Crippen molar-refractivity contribution in [3.8, 4) is 5.75 Å². The van der Waals surface area contributed by atoms with E-state index in [1.54, 1.807) is 6.07 Å². The molecule has 1 heterocycles. The standard InChI is InChI=1S/C13H18N2O3S2/c1-18-12-6-5-10(9-11(12)13(14)19)20(16,17)15-7-3-2-4-8-15/h5-6,9H,2-4,7-8H2,1H3,(H2,14,19). The minimum Gasteiger partial charge on any atom is -0.496 e. The van der Waals surface area contributed by atoms with Crippen molar-refractivity contribution in [2.45, 2.75) is 24.2 Å². The molecule has 7 heteroatoms. The van der Waals surface area contributed by atoms with Gasteiger partial charge in [-0.2, -0.15) is 4.31 Å². The number of thiocarbonyl (C=S) groups is 1. The van der Waals surface area contributed by atoms with Crippen LogP contribution in [0.25, 0.3) is 0 Å². The highest BCUT2D eigenvalue weighted by Gasteiger charge is 2.26. The SMILES string of the molecule is COc1ccc(S(=O)(=O)N2CCCCC2)cc1C(N)=S. The number of sulfonamides is 1. The number of hydrogen-bond donors (Lipinski definition) is 1. The molecule has 1 aromatic carbocycles. The van der Waals surface area contributed by atoms with Gasteiger partial charge < -0.3 is 10.5 Å². The Balaban J connectivity index is 2.41. The molecule has 0 bridgehead atoms. The first kappa shape index (κ1) is 15.2. The monoisotopic (exact) mass is 314 g/mol. The van der Waals surface area contributed by atoms with Crippen LogP contribution in [0, 0.1) is 0 Å². The lowest BCUT2D eigenvalue weighted by molar-refractivity contribution is 0.346. The Kier molecular flexibility index (Phi) is 4.62. The maximum absolute atomic E-state index is 12.6. The Morgan fingerprint density at radius 2 is 1.95 bits per heavy atom. The molecule has 0 radical (unpaired) electrons. The summed E-state index contributed by atoms with van der Waals surface area (Å²) in [6.07, 6.45) is 2.88. The average Bonchev–Trinajstić information content (AvgIpc) is 2.47. The Morgan fingerprint density at radius 1 is 1.30 bits per heavy atom. The highest BCUT2D eigenvalue weighted by atomic mass is 32.2. The second-order valence-corrected chi connectivity index (χ2v) is 7.07. The number of hydrogen-bond acceptors (Lipinski definition) is 4. The van der Waals surface area contributed by atoms with Crippen molar-refractivity contribution in [1.82, 2.24) is 4.31 Å². The maximum atomic E-state index is 12.6. The average molecular weight is 314 g/mol. The molecule has 0 spiro atoms. The topological polar surface area (TPSA) is 72.6 Å². The van der Waals surface area contributed by atoms with Crippen molar-refractivity contribution in [1.29, 1.82) is 0 Å². The van der Waals surface area contributed by atoms with Crippen LogP contribution in [-0.4, -0.2) is 37.9 Å². The van der Waals surface area contributed by atoms with Crippen molar-refractivity contribution < 1.29 is 13.2 Å². The highest BCUT2D eigenvalue weighted by molar-refractivity contribution is 7.89. The highest BCUT2D eigenvalue weighted by Crippen LogP contribution is 2.26. The third-order valence-corrected chi connectivity index (χ3v) is 5.50. The lowest BCUT2D eigenvalue weighted by atomic mass is 10.2. The summed E-state index contributed by atoms with van der Waals surface area (Å²) < 4.78 is 31.8. The molecule has 5 nitrogen and oxygen atoms in total. The zero-order chi connectivity index (χ0) is 14.8. The number of rotatable bonds is 4. The van der Waals surface area contributed by atoms with E-state index >= 15 is 0 Å². The Morgan fingerprint density at radius 3 is 2.50 bits per heavy atom. The summed E-state index contributed by atoms with van der Waals surface area (Å²) >= 11 is 4.94. The van der Waals surface area contributed by atoms with Gasteiger partial charge in [0.05, 0.1) is 17.6 Å². The Bertz CT molecular complexity index is 608. The lowest BCUT2D eigenvalue weighted by Gasteiger charge is -2.26. The lowest BCUT2D eigenvalue weighted by Crippen LogP contribution is -2.35. The van der Waals surface area contributed by atoms with Crippen LogP contribution in [-0.2, 0) is 10.0 Å². The zero-order valence-corrected chi connectivity index (χ0v) is 13.0. The molecule has 0 saturated carbocycles. The van der Waals surface area contributed by atoms with E-state index in [2.05, 4.69) is 0 Å². The molecule has 0 unspecified atom stereocenters. The molecule has 1 aromatic rings. The van der Waals surface area contributed by atoms with Crippen LogP contribution >= 0.6 is 12.2 Å². The van der Waals surface area contributed by atoms with Gasteiger partial charge in [-0.15, -0.1) is 0 Å². The van der Waals surface area contributed by atoms with Gasteiger partial charge >= 0.3 is 0 Å². The fraction of sp³-hybridized carbons (Fsp3) is 0.462. The predicted octanol–water partition coefficient (Wildman–Crippen LogP) is 1.50. The molecule has 0 aliphatic carbocycles. The molecule has 110 valence electrons. The largest absolute Gasteiger partial charge is 0.496 e. The number of benzene rings is 1. The molecule has 2 N–H and O–H groups in total. The van der Waals surface area contributed by atoms with E-state index in [-0.39, 0.29) is 9.88 Å². The molecule has 0 amide bonds. The third kappa shape index (κ3) is 2.94. The molecule has 1 aliphatic heterocycles. The summed E-state index contributed by atoms with van der Waals surface area (Å²) in [7, 11) is -1.98. The van der Waals surface area contributed by atoms with Crippen LogP contribution in [0.1, 0.15) is 24.8 Å². The first-order chi connectivity index (χ1) is 9.46. The molecule has 0 aromatic heterocycles. The summed E-state index contributed by atoms with van der Waals surface area (Å²) in [6.45, 7) is 1.13. The van der Waals surface area contributed by atoms with Crippen LogP contribution < -0.4 is 10.5 Å². The fourth-order valence-electron chi connectivity index (χ4n) is 2.29. The van der Waals surface area contributed by atoms with Crippen LogP contribution in [0.2, 0.25) is 0 Å². The van der Waals surface area contributed by atoms with Gasteiger partial charge in [0, 0.05) is 13.1 Å². The number of piperidine rings is 1. The second kappa shape index (κ2) is 6.07. The number of ether oxygens (including phenoxy) is 1. The van der Waals surface area contributed by atoms with E-state index in [0.717, 1.165) is 19.3 Å². The number of methoxy groups -OCH3 is 1. The van der Waals surface area contributed by atoms with Gasteiger partial charge in [-0.1, -0.05) is 18.6 Å². The minimum atomic E-state index is -3.48. The van der Waals surface area contributed by atoms with Gasteiger partial charge in [0.15, 0.2) is 0 Å². The van der Waals surface area contributed by atoms with Gasteiger partial charge in [-0.3, -0.25) is 0 Å². The van der Waals surface area contributed by atoms with Crippen LogP contribution in [0.15, 0.2) is 23.1 Å². The smallest absolute Gasteiger partial charge is 0.243 e. The van der Waals surface area contributed by atoms with Crippen molar-refractivity contribution in [2.24, 2.45) is 5.73 Å². The zero-order valence-electron chi connectivity index (χ0n) is 11.3. The summed E-state index contributed by atoms with van der Waals surface area (Å²) in [4.78, 5) is 0.334. The summed E-state index contributed by atoms with van der Waals surface area (Å²) in [5, 5.41) is 0. The Hall–Kier alpha value is -1.18. The van der Waals surface area contributed by atoms with Crippen molar-refractivity contribution in [3.05, 3.63) is 23.8 Å². The quantitative estimate of drug-likeness (QED) is 0.853. The first-order valence-corrected chi connectivity index (χ1v) is 8.29. The molecule has 1 aliphatic rings. The van der Waals surface area contributed by atoms with E-state index in [0.29, 0.717) is 24.4 Å². The van der Waals surface area contributed by atoms with E-state index < -0.39 is 10.0 Å². The van der Waals surface area contributed by atoms with Gasteiger partial charge in [0.2, 0.25) is 10.0 Å². The third-order valence-electron chi connectivity index (χ3n) is 3.39. The molecule has 1 saturated heterocycles. The van der Waals surface area contributed by atoms with Crippen LogP contribution in [0.3, 0.4) is 0 Å². The normalized spacial score (nSPS) is 16.9. The predicted molar refractivity (Wildman–Crippen MR) is 81.5 cm³/mol. The van der Waals surface area contributed by atoms with Gasteiger partial charge in [0.25, 0.3) is 0 Å². The second-order valence-electron chi connectivity index (χ2n) is 4.69. The minimum absolute atomic E-state index is 0.123. The summed E-state index contributed by atoms with van der Waals surface area (Å²) in [5.74, 6) is 0.482.